The quantitative estimate of drug-likeness (QED) is 0.484. The van der Waals surface area contributed by atoms with Gasteiger partial charge in [-0.3, -0.25) is 10.1 Å². The highest BCUT2D eigenvalue weighted by molar-refractivity contribution is 7.10. The van der Waals surface area contributed by atoms with Gasteiger partial charge >= 0.3 is 5.69 Å². The molecule has 0 radical (unpaired) electrons. The van der Waals surface area contributed by atoms with Crippen molar-refractivity contribution >= 4 is 34.4 Å². The Balaban J connectivity index is 2.05. The lowest BCUT2D eigenvalue weighted by molar-refractivity contribution is -0.385. The van der Waals surface area contributed by atoms with Crippen LogP contribution in [0.1, 0.15) is 16.1 Å². The van der Waals surface area contributed by atoms with Crippen molar-refractivity contribution in [1.29, 1.82) is 0 Å². The first kappa shape index (κ1) is 13.3. The smallest absolute Gasteiger partial charge is 0.332 e. The van der Waals surface area contributed by atoms with E-state index in [1.165, 1.54) is 10.4 Å². The van der Waals surface area contributed by atoms with Gasteiger partial charge in [-0.05, 0) is 42.0 Å². The van der Waals surface area contributed by atoms with E-state index in [1.54, 1.807) is 18.3 Å². The van der Waals surface area contributed by atoms with E-state index in [0.29, 0.717) is 24.6 Å². The topological polar surface area (TPSA) is 72.2 Å². The second kappa shape index (κ2) is 4.99. The summed E-state index contributed by atoms with van der Waals surface area (Å²) in [6.45, 7) is 2.89. The molecule has 0 aliphatic carbocycles. The zero-order valence-corrected chi connectivity index (χ0v) is 12.2. The van der Waals surface area contributed by atoms with Gasteiger partial charge in [0.05, 0.1) is 4.92 Å². The third-order valence-corrected chi connectivity index (χ3v) is 4.49. The number of halogens is 1. The van der Waals surface area contributed by atoms with Gasteiger partial charge in [0.15, 0.2) is 0 Å². The molecule has 0 N–H and O–H groups in total. The van der Waals surface area contributed by atoms with Crippen LogP contribution in [0.25, 0.3) is 0 Å². The van der Waals surface area contributed by atoms with Crippen LogP contribution in [-0.4, -0.2) is 21.4 Å². The summed E-state index contributed by atoms with van der Waals surface area (Å²) >= 11 is 7.58. The van der Waals surface area contributed by atoms with E-state index < -0.39 is 4.92 Å². The molecule has 0 spiro atoms. The summed E-state index contributed by atoms with van der Waals surface area (Å²) in [7, 11) is 0. The van der Waals surface area contributed by atoms with Gasteiger partial charge in [-0.1, -0.05) is 0 Å². The van der Waals surface area contributed by atoms with Crippen molar-refractivity contribution < 1.29 is 4.92 Å². The predicted octanol–water partition coefficient (Wildman–Crippen LogP) is 2.97. The minimum Gasteiger partial charge on any atom is -0.346 e. The van der Waals surface area contributed by atoms with Gasteiger partial charge in [-0.25, -0.2) is 4.98 Å². The summed E-state index contributed by atoms with van der Waals surface area (Å²) in [5.74, 6) is 0.310. The molecule has 0 saturated heterocycles. The minimum absolute atomic E-state index is 0.0409. The van der Waals surface area contributed by atoms with Crippen LogP contribution in [0.5, 0.6) is 0 Å². The highest BCUT2D eigenvalue weighted by atomic mass is 35.5. The molecule has 2 aromatic heterocycles. The van der Waals surface area contributed by atoms with Gasteiger partial charge in [-0.2, -0.15) is 4.98 Å². The number of nitro groups is 1. The molecule has 2 aromatic rings. The molecule has 0 bridgehead atoms. The monoisotopic (exact) mass is 310 g/mol. The average Bonchev–Trinajstić information content (AvgIpc) is 2.84. The third-order valence-electron chi connectivity index (χ3n) is 3.30. The van der Waals surface area contributed by atoms with E-state index in [9.17, 15) is 10.1 Å². The number of hydrogen-bond acceptors (Lipinski definition) is 6. The number of hydrogen-bond donors (Lipinski definition) is 0. The molecule has 0 saturated carbocycles. The van der Waals surface area contributed by atoms with Gasteiger partial charge in [-0.15, -0.1) is 11.3 Å². The van der Waals surface area contributed by atoms with Crippen LogP contribution in [0.2, 0.25) is 5.28 Å². The van der Waals surface area contributed by atoms with E-state index in [2.05, 4.69) is 9.97 Å². The summed E-state index contributed by atoms with van der Waals surface area (Å²) in [5.41, 5.74) is 1.43. The molecule has 0 atom stereocenters. The van der Waals surface area contributed by atoms with Gasteiger partial charge in [0.1, 0.15) is 5.69 Å². The van der Waals surface area contributed by atoms with Gasteiger partial charge in [0.2, 0.25) is 11.1 Å². The molecule has 6 nitrogen and oxygen atoms in total. The SMILES string of the molecule is Cc1nc(Cl)nc(N2CCc3sccc3C2)c1[N+](=O)[O-]. The Hall–Kier alpha value is -1.73. The number of nitrogens with zero attached hydrogens (tertiary/aromatic N) is 4. The van der Waals surface area contributed by atoms with Crippen molar-refractivity contribution in [3.05, 3.63) is 43.0 Å². The van der Waals surface area contributed by atoms with Crippen molar-refractivity contribution in [3.63, 3.8) is 0 Å². The maximum absolute atomic E-state index is 11.2. The fraction of sp³-hybridized carbons (Fsp3) is 0.333. The summed E-state index contributed by atoms with van der Waals surface area (Å²) in [6.07, 6.45) is 0.866. The second-order valence-electron chi connectivity index (χ2n) is 4.55. The molecular formula is C12H11ClN4O2S. The third kappa shape index (κ3) is 2.23. The summed E-state index contributed by atoms with van der Waals surface area (Å²) in [5, 5.41) is 13.3. The molecule has 3 heterocycles. The lowest BCUT2D eigenvalue weighted by Gasteiger charge is -2.27. The fourth-order valence-corrected chi connectivity index (χ4v) is 3.48. The highest BCUT2D eigenvalue weighted by Crippen LogP contribution is 2.34. The number of aromatic nitrogens is 2. The van der Waals surface area contributed by atoms with Crippen LogP contribution < -0.4 is 4.90 Å². The lowest BCUT2D eigenvalue weighted by Crippen LogP contribution is -2.31. The Labute approximate surface area is 124 Å². The van der Waals surface area contributed by atoms with Crippen molar-refractivity contribution in [3.8, 4) is 0 Å². The molecule has 104 valence electrons. The molecule has 0 aromatic carbocycles. The second-order valence-corrected chi connectivity index (χ2v) is 5.89. The minimum atomic E-state index is -0.440. The Morgan fingerprint density at radius 3 is 3.05 bits per heavy atom. The normalized spacial score (nSPS) is 14.2. The zero-order valence-electron chi connectivity index (χ0n) is 10.7. The first-order chi connectivity index (χ1) is 9.56. The highest BCUT2D eigenvalue weighted by Gasteiger charge is 2.28. The maximum atomic E-state index is 11.2. The predicted molar refractivity (Wildman–Crippen MR) is 77.5 cm³/mol. The van der Waals surface area contributed by atoms with E-state index >= 15 is 0 Å². The van der Waals surface area contributed by atoms with Gasteiger partial charge < -0.3 is 4.90 Å². The average molecular weight is 311 g/mol. The van der Waals surface area contributed by atoms with Gasteiger partial charge in [0, 0.05) is 18.0 Å². The van der Waals surface area contributed by atoms with Crippen LogP contribution >= 0.6 is 22.9 Å². The fourth-order valence-electron chi connectivity index (χ4n) is 2.38. The Kier molecular flexibility index (Phi) is 3.31. The Morgan fingerprint density at radius 2 is 2.30 bits per heavy atom. The molecule has 0 unspecified atom stereocenters. The summed E-state index contributed by atoms with van der Waals surface area (Å²) in [4.78, 5) is 22.0. The van der Waals surface area contributed by atoms with Crippen LogP contribution in [-0.2, 0) is 13.0 Å². The maximum Gasteiger partial charge on any atom is 0.332 e. The summed E-state index contributed by atoms with van der Waals surface area (Å²) in [6, 6.07) is 2.05. The van der Waals surface area contributed by atoms with Crippen molar-refractivity contribution in [2.75, 3.05) is 11.4 Å². The molecule has 1 aliphatic heterocycles. The Morgan fingerprint density at radius 1 is 1.50 bits per heavy atom. The van der Waals surface area contributed by atoms with E-state index in [4.69, 9.17) is 11.6 Å². The van der Waals surface area contributed by atoms with Crippen molar-refractivity contribution in [1.82, 2.24) is 9.97 Å². The molecule has 20 heavy (non-hydrogen) atoms. The summed E-state index contributed by atoms with van der Waals surface area (Å²) < 4.78 is 0. The number of aryl methyl sites for hydroxylation is 1. The molecular weight excluding hydrogens is 300 g/mol. The van der Waals surface area contributed by atoms with E-state index in [1.807, 2.05) is 16.3 Å². The first-order valence-electron chi connectivity index (χ1n) is 6.05. The van der Waals surface area contributed by atoms with Crippen molar-refractivity contribution in [2.24, 2.45) is 0 Å². The first-order valence-corrected chi connectivity index (χ1v) is 7.30. The standard InChI is InChI=1S/C12H11ClN4O2S/c1-7-10(17(18)19)11(15-12(13)14-7)16-4-2-9-8(6-16)3-5-20-9/h3,5H,2,4,6H2,1H3. The number of fused-ring (bicyclic) bond motifs is 1. The number of anilines is 1. The molecule has 1 aliphatic rings. The Bertz CT molecular complexity index is 688. The van der Waals surface area contributed by atoms with Crippen LogP contribution in [0.15, 0.2) is 11.4 Å². The number of rotatable bonds is 2. The molecule has 0 amide bonds. The van der Waals surface area contributed by atoms with Crippen LogP contribution in [0, 0.1) is 17.0 Å². The lowest BCUT2D eigenvalue weighted by atomic mass is 10.1. The van der Waals surface area contributed by atoms with E-state index in [-0.39, 0.29) is 11.0 Å². The van der Waals surface area contributed by atoms with Crippen LogP contribution in [0.4, 0.5) is 11.5 Å². The molecule has 3 rings (SSSR count). The van der Waals surface area contributed by atoms with Crippen molar-refractivity contribution in [2.45, 2.75) is 19.9 Å². The molecule has 8 heteroatoms. The zero-order chi connectivity index (χ0) is 14.3. The molecule has 0 fully saturated rings. The number of thiophene rings is 1. The largest absolute Gasteiger partial charge is 0.346 e. The van der Waals surface area contributed by atoms with Gasteiger partial charge in [0.25, 0.3) is 0 Å². The van der Waals surface area contributed by atoms with E-state index in [0.717, 1.165) is 6.42 Å². The van der Waals surface area contributed by atoms with Crippen LogP contribution in [0.3, 0.4) is 0 Å².